The van der Waals surface area contributed by atoms with Gasteiger partial charge in [0.05, 0.1) is 25.9 Å². The van der Waals surface area contributed by atoms with Crippen LogP contribution in [0.1, 0.15) is 19.8 Å². The maximum Gasteiger partial charge on any atom is 0.107 e. The SMILES string of the molecule is C=C(C)CCC(O)C1COCCO1. The minimum Gasteiger partial charge on any atom is -0.390 e. The molecule has 0 spiro atoms. The highest BCUT2D eigenvalue weighted by Crippen LogP contribution is 2.12. The number of allylic oxidation sites excluding steroid dienone is 1. The molecule has 1 N–H and O–H groups in total. The Morgan fingerprint density at radius 2 is 2.38 bits per heavy atom. The molecule has 0 bridgehead atoms. The Balaban J connectivity index is 2.20. The largest absolute Gasteiger partial charge is 0.390 e. The van der Waals surface area contributed by atoms with Crippen LogP contribution in [0.5, 0.6) is 0 Å². The molecule has 0 aromatic carbocycles. The second-order valence-electron chi connectivity index (χ2n) is 3.55. The first-order valence-corrected chi connectivity index (χ1v) is 4.72. The zero-order valence-electron chi connectivity index (χ0n) is 8.16. The number of ether oxygens (including phenoxy) is 2. The van der Waals surface area contributed by atoms with Crippen LogP contribution < -0.4 is 0 Å². The van der Waals surface area contributed by atoms with E-state index in [1.807, 2.05) is 6.92 Å². The molecule has 2 unspecified atom stereocenters. The molecule has 3 nitrogen and oxygen atoms in total. The molecule has 0 aromatic rings. The maximum absolute atomic E-state index is 9.68. The highest BCUT2D eigenvalue weighted by Gasteiger charge is 2.22. The maximum atomic E-state index is 9.68. The number of rotatable bonds is 4. The normalized spacial score (nSPS) is 25.5. The lowest BCUT2D eigenvalue weighted by Crippen LogP contribution is -2.38. The highest BCUT2D eigenvalue weighted by atomic mass is 16.6. The second kappa shape index (κ2) is 5.37. The zero-order valence-corrected chi connectivity index (χ0v) is 8.16. The standard InChI is InChI=1S/C10H18O3/c1-8(2)3-4-9(11)10-7-12-5-6-13-10/h9-11H,1,3-7H2,2H3. The van der Waals surface area contributed by atoms with Crippen molar-refractivity contribution in [3.05, 3.63) is 12.2 Å². The molecule has 76 valence electrons. The van der Waals surface area contributed by atoms with Gasteiger partial charge in [-0.2, -0.15) is 0 Å². The van der Waals surface area contributed by atoms with Crippen molar-refractivity contribution in [3.8, 4) is 0 Å². The fraction of sp³-hybridized carbons (Fsp3) is 0.800. The first-order valence-electron chi connectivity index (χ1n) is 4.72. The fourth-order valence-corrected chi connectivity index (χ4v) is 1.31. The van der Waals surface area contributed by atoms with E-state index in [9.17, 15) is 5.11 Å². The van der Waals surface area contributed by atoms with Crippen LogP contribution in [0.25, 0.3) is 0 Å². The molecule has 0 saturated carbocycles. The molecular weight excluding hydrogens is 168 g/mol. The average Bonchev–Trinajstić information content (AvgIpc) is 2.15. The first kappa shape index (κ1) is 10.7. The zero-order chi connectivity index (χ0) is 9.68. The van der Waals surface area contributed by atoms with E-state index in [2.05, 4.69) is 6.58 Å². The molecular formula is C10H18O3. The Kier molecular flexibility index (Phi) is 4.42. The smallest absolute Gasteiger partial charge is 0.107 e. The lowest BCUT2D eigenvalue weighted by atomic mass is 10.1. The minimum atomic E-state index is -0.419. The summed E-state index contributed by atoms with van der Waals surface area (Å²) in [6.07, 6.45) is 0.995. The third kappa shape index (κ3) is 3.89. The van der Waals surface area contributed by atoms with Gasteiger partial charge in [-0.05, 0) is 19.8 Å². The van der Waals surface area contributed by atoms with Gasteiger partial charge in [-0.25, -0.2) is 0 Å². The van der Waals surface area contributed by atoms with Crippen molar-refractivity contribution in [2.75, 3.05) is 19.8 Å². The molecule has 0 aliphatic carbocycles. The van der Waals surface area contributed by atoms with Crippen molar-refractivity contribution in [1.82, 2.24) is 0 Å². The monoisotopic (exact) mass is 186 g/mol. The third-order valence-corrected chi connectivity index (χ3v) is 2.14. The van der Waals surface area contributed by atoms with Gasteiger partial charge in [0.25, 0.3) is 0 Å². The van der Waals surface area contributed by atoms with Crippen LogP contribution in [-0.2, 0) is 9.47 Å². The average molecular weight is 186 g/mol. The van der Waals surface area contributed by atoms with Crippen LogP contribution in [0.3, 0.4) is 0 Å². The Hall–Kier alpha value is -0.380. The number of hydrogen-bond acceptors (Lipinski definition) is 3. The van der Waals surface area contributed by atoms with Crippen LogP contribution in [0, 0.1) is 0 Å². The van der Waals surface area contributed by atoms with E-state index >= 15 is 0 Å². The van der Waals surface area contributed by atoms with Crippen molar-refractivity contribution >= 4 is 0 Å². The molecule has 0 radical (unpaired) electrons. The van der Waals surface area contributed by atoms with E-state index in [1.54, 1.807) is 0 Å². The summed E-state index contributed by atoms with van der Waals surface area (Å²) in [6, 6.07) is 0. The predicted octanol–water partition coefficient (Wildman–Crippen LogP) is 1.12. The Morgan fingerprint density at radius 3 is 2.92 bits per heavy atom. The van der Waals surface area contributed by atoms with Gasteiger partial charge in [0.1, 0.15) is 6.10 Å². The summed E-state index contributed by atoms with van der Waals surface area (Å²) in [5.74, 6) is 0. The van der Waals surface area contributed by atoms with Gasteiger partial charge in [0.2, 0.25) is 0 Å². The molecule has 13 heavy (non-hydrogen) atoms. The van der Waals surface area contributed by atoms with Gasteiger partial charge in [-0.15, -0.1) is 6.58 Å². The summed E-state index contributed by atoms with van der Waals surface area (Å²) >= 11 is 0. The molecule has 1 heterocycles. The summed E-state index contributed by atoms with van der Waals surface area (Å²) in [5, 5.41) is 9.68. The number of aliphatic hydroxyl groups is 1. The predicted molar refractivity (Wildman–Crippen MR) is 50.6 cm³/mol. The van der Waals surface area contributed by atoms with Crippen molar-refractivity contribution in [3.63, 3.8) is 0 Å². The van der Waals surface area contributed by atoms with Crippen molar-refractivity contribution in [2.45, 2.75) is 32.0 Å². The fourth-order valence-electron chi connectivity index (χ4n) is 1.31. The van der Waals surface area contributed by atoms with E-state index in [4.69, 9.17) is 9.47 Å². The van der Waals surface area contributed by atoms with E-state index in [0.29, 0.717) is 26.2 Å². The minimum absolute atomic E-state index is 0.145. The quantitative estimate of drug-likeness (QED) is 0.669. The number of aliphatic hydroxyl groups excluding tert-OH is 1. The van der Waals surface area contributed by atoms with Crippen molar-refractivity contribution < 1.29 is 14.6 Å². The molecule has 1 aliphatic rings. The van der Waals surface area contributed by atoms with Gasteiger partial charge in [-0.1, -0.05) is 5.57 Å². The van der Waals surface area contributed by atoms with Gasteiger partial charge >= 0.3 is 0 Å². The Morgan fingerprint density at radius 1 is 1.62 bits per heavy atom. The van der Waals surface area contributed by atoms with Crippen molar-refractivity contribution in [2.24, 2.45) is 0 Å². The molecule has 1 aliphatic heterocycles. The summed E-state index contributed by atoms with van der Waals surface area (Å²) in [4.78, 5) is 0. The highest BCUT2D eigenvalue weighted by molar-refractivity contribution is 4.89. The van der Waals surface area contributed by atoms with Crippen molar-refractivity contribution in [1.29, 1.82) is 0 Å². The molecule has 2 atom stereocenters. The van der Waals surface area contributed by atoms with E-state index in [-0.39, 0.29) is 6.10 Å². The molecule has 3 heteroatoms. The van der Waals surface area contributed by atoms with E-state index in [0.717, 1.165) is 12.0 Å². The second-order valence-corrected chi connectivity index (χ2v) is 3.55. The topological polar surface area (TPSA) is 38.7 Å². The van der Waals surface area contributed by atoms with E-state index in [1.165, 1.54) is 0 Å². The van der Waals surface area contributed by atoms with Crippen LogP contribution in [0.4, 0.5) is 0 Å². The summed E-state index contributed by atoms with van der Waals surface area (Å²) in [5.41, 5.74) is 1.09. The number of hydrogen-bond donors (Lipinski definition) is 1. The lowest BCUT2D eigenvalue weighted by Gasteiger charge is -2.27. The Labute approximate surface area is 79.3 Å². The molecule has 0 aromatic heterocycles. The summed E-state index contributed by atoms with van der Waals surface area (Å²) in [7, 11) is 0. The van der Waals surface area contributed by atoms with Crippen LogP contribution >= 0.6 is 0 Å². The van der Waals surface area contributed by atoms with Crippen LogP contribution in [-0.4, -0.2) is 37.1 Å². The third-order valence-electron chi connectivity index (χ3n) is 2.14. The molecule has 1 saturated heterocycles. The van der Waals surface area contributed by atoms with Crippen LogP contribution in [0.2, 0.25) is 0 Å². The summed E-state index contributed by atoms with van der Waals surface area (Å²) < 4.78 is 10.6. The first-order chi connectivity index (χ1) is 6.20. The lowest BCUT2D eigenvalue weighted by molar-refractivity contribution is -0.133. The van der Waals surface area contributed by atoms with Gasteiger partial charge in [0.15, 0.2) is 0 Å². The molecule has 0 amide bonds. The Bertz CT molecular complexity index is 162. The van der Waals surface area contributed by atoms with E-state index < -0.39 is 6.10 Å². The van der Waals surface area contributed by atoms with Gasteiger partial charge < -0.3 is 14.6 Å². The van der Waals surface area contributed by atoms with Crippen LogP contribution in [0.15, 0.2) is 12.2 Å². The molecule has 1 rings (SSSR count). The van der Waals surface area contributed by atoms with Gasteiger partial charge in [0, 0.05) is 0 Å². The summed E-state index contributed by atoms with van der Waals surface area (Å²) in [6.45, 7) is 7.50. The molecule has 1 fully saturated rings. The van der Waals surface area contributed by atoms with Gasteiger partial charge in [-0.3, -0.25) is 0 Å².